The molecule has 0 saturated heterocycles. The maximum Gasteiger partial charge on any atom is 0.243 e. The second kappa shape index (κ2) is 6.58. The van der Waals surface area contributed by atoms with Crippen molar-refractivity contribution in [3.05, 3.63) is 18.2 Å². The van der Waals surface area contributed by atoms with Crippen molar-refractivity contribution in [2.45, 2.75) is 11.8 Å². The molecule has 1 aromatic carbocycles. The van der Waals surface area contributed by atoms with Crippen LogP contribution in [0.4, 0.5) is 5.69 Å². The van der Waals surface area contributed by atoms with Crippen LogP contribution in [0.1, 0.15) is 6.92 Å². The average molecular weight is 301 g/mol. The third kappa shape index (κ3) is 3.61. The van der Waals surface area contributed by atoms with E-state index in [4.69, 9.17) is 10.5 Å². The molecule has 0 unspecified atom stereocenters. The first-order valence-electron chi connectivity index (χ1n) is 5.99. The minimum atomic E-state index is -3.76. The lowest BCUT2D eigenvalue weighted by molar-refractivity contribution is -0.121. The van der Waals surface area contributed by atoms with Gasteiger partial charge in [0.25, 0.3) is 0 Å². The third-order valence-electron chi connectivity index (χ3n) is 2.65. The van der Waals surface area contributed by atoms with Gasteiger partial charge in [0, 0.05) is 13.6 Å². The molecule has 0 saturated carbocycles. The number of nitrogens with zero attached hydrogens (tertiary/aromatic N) is 1. The number of sulfonamides is 1. The largest absolute Gasteiger partial charge is 0.495 e. The fraction of sp³-hybridized carbons (Fsp3) is 0.417. The number of anilines is 1. The van der Waals surface area contributed by atoms with Crippen LogP contribution < -0.4 is 15.8 Å². The molecule has 0 bridgehead atoms. The molecule has 0 aliphatic heterocycles. The van der Waals surface area contributed by atoms with Gasteiger partial charge in [-0.1, -0.05) is 0 Å². The monoisotopic (exact) mass is 301 g/mol. The van der Waals surface area contributed by atoms with Gasteiger partial charge in [-0.25, -0.2) is 8.42 Å². The maximum absolute atomic E-state index is 12.3. The van der Waals surface area contributed by atoms with Crippen LogP contribution in [0, 0.1) is 0 Å². The van der Waals surface area contributed by atoms with E-state index in [0.29, 0.717) is 12.3 Å². The van der Waals surface area contributed by atoms with Crippen molar-refractivity contribution < 1.29 is 17.9 Å². The van der Waals surface area contributed by atoms with Crippen LogP contribution >= 0.6 is 0 Å². The van der Waals surface area contributed by atoms with E-state index in [-0.39, 0.29) is 23.0 Å². The van der Waals surface area contributed by atoms with Crippen molar-refractivity contribution in [3.8, 4) is 5.75 Å². The normalized spacial score (nSPS) is 11.4. The Morgan fingerprint density at radius 2 is 2.10 bits per heavy atom. The van der Waals surface area contributed by atoms with E-state index in [2.05, 4.69) is 5.32 Å². The third-order valence-corrected chi connectivity index (χ3v) is 4.45. The van der Waals surface area contributed by atoms with Crippen molar-refractivity contribution in [1.82, 2.24) is 9.62 Å². The predicted octanol–water partition coefficient (Wildman–Crippen LogP) is 0.0340. The average Bonchev–Trinajstić information content (AvgIpc) is 2.38. The van der Waals surface area contributed by atoms with Gasteiger partial charge in [-0.3, -0.25) is 4.79 Å². The van der Waals surface area contributed by atoms with Crippen molar-refractivity contribution in [2.24, 2.45) is 0 Å². The quantitative estimate of drug-likeness (QED) is 0.722. The molecule has 0 fully saturated rings. The lowest BCUT2D eigenvalue weighted by atomic mass is 10.3. The minimum absolute atomic E-state index is 0.0163. The van der Waals surface area contributed by atoms with Crippen LogP contribution in [-0.4, -0.2) is 45.9 Å². The van der Waals surface area contributed by atoms with E-state index in [1.807, 2.05) is 0 Å². The minimum Gasteiger partial charge on any atom is -0.495 e. The number of ether oxygens (including phenoxy) is 1. The van der Waals surface area contributed by atoms with Crippen molar-refractivity contribution in [3.63, 3.8) is 0 Å². The summed E-state index contributed by atoms with van der Waals surface area (Å²) in [4.78, 5) is 11.5. The molecule has 0 aliphatic carbocycles. The highest BCUT2D eigenvalue weighted by Crippen LogP contribution is 2.25. The lowest BCUT2D eigenvalue weighted by Gasteiger charge is -2.17. The maximum atomic E-state index is 12.3. The van der Waals surface area contributed by atoms with Crippen LogP contribution in [0.3, 0.4) is 0 Å². The number of amides is 1. The summed E-state index contributed by atoms with van der Waals surface area (Å²) in [7, 11) is -0.979. The highest BCUT2D eigenvalue weighted by molar-refractivity contribution is 7.89. The lowest BCUT2D eigenvalue weighted by Crippen LogP contribution is -2.38. The van der Waals surface area contributed by atoms with Gasteiger partial charge in [0.1, 0.15) is 5.75 Å². The molecule has 112 valence electrons. The van der Waals surface area contributed by atoms with Crippen LogP contribution in [0.15, 0.2) is 23.1 Å². The zero-order valence-corrected chi connectivity index (χ0v) is 12.5. The summed E-state index contributed by atoms with van der Waals surface area (Å²) in [6, 6.07) is 4.17. The second-order valence-corrected chi connectivity index (χ2v) is 6.16. The van der Waals surface area contributed by atoms with Crippen LogP contribution in [0.2, 0.25) is 0 Å². The number of carbonyl (C=O) groups excluding carboxylic acids is 1. The molecule has 3 N–H and O–H groups in total. The number of nitrogen functional groups attached to an aromatic ring is 1. The number of hydrogen-bond donors (Lipinski definition) is 2. The number of hydrogen-bond acceptors (Lipinski definition) is 5. The molecule has 0 radical (unpaired) electrons. The van der Waals surface area contributed by atoms with Gasteiger partial charge in [0.05, 0.1) is 24.2 Å². The smallest absolute Gasteiger partial charge is 0.243 e. The Balaban J connectivity index is 2.98. The van der Waals surface area contributed by atoms with E-state index in [1.54, 1.807) is 6.92 Å². The Morgan fingerprint density at radius 1 is 1.45 bits per heavy atom. The van der Waals surface area contributed by atoms with Crippen LogP contribution in [0.5, 0.6) is 5.75 Å². The van der Waals surface area contributed by atoms with Gasteiger partial charge >= 0.3 is 0 Å². The van der Waals surface area contributed by atoms with E-state index < -0.39 is 10.0 Å². The van der Waals surface area contributed by atoms with E-state index in [1.165, 1.54) is 32.4 Å². The van der Waals surface area contributed by atoms with Crippen molar-refractivity contribution in [1.29, 1.82) is 0 Å². The number of carbonyl (C=O) groups is 1. The molecule has 1 rings (SSSR count). The molecule has 0 atom stereocenters. The summed E-state index contributed by atoms with van der Waals surface area (Å²) in [5.74, 6) is 0.0374. The first-order valence-corrected chi connectivity index (χ1v) is 7.43. The molecule has 8 heteroatoms. The fourth-order valence-corrected chi connectivity index (χ4v) is 2.76. The summed E-state index contributed by atoms with van der Waals surface area (Å²) in [5, 5.41) is 2.54. The summed E-state index contributed by atoms with van der Waals surface area (Å²) in [6.45, 7) is 1.96. The summed E-state index contributed by atoms with van der Waals surface area (Å²) in [5.41, 5.74) is 5.91. The van der Waals surface area contributed by atoms with Crippen molar-refractivity contribution in [2.75, 3.05) is 33.0 Å². The molecule has 7 nitrogen and oxygen atoms in total. The molecule has 0 aromatic heterocycles. The standard InChI is InChI=1S/C12H19N3O4S/c1-4-14-12(16)8-15(2)20(17,18)9-5-6-11(19-3)10(13)7-9/h5-7H,4,8,13H2,1-3H3,(H,14,16). The Kier molecular flexibility index (Phi) is 5.34. The second-order valence-electron chi connectivity index (χ2n) is 4.12. The molecule has 20 heavy (non-hydrogen) atoms. The summed E-state index contributed by atoms with van der Waals surface area (Å²) < 4.78 is 30.5. The number of rotatable bonds is 6. The van der Waals surface area contributed by atoms with Gasteiger partial charge in [-0.15, -0.1) is 0 Å². The van der Waals surface area contributed by atoms with Gasteiger partial charge in [0.2, 0.25) is 15.9 Å². The Morgan fingerprint density at radius 3 is 2.60 bits per heavy atom. The number of likely N-dealkylation sites (N-methyl/N-ethyl adjacent to an activating group) is 2. The molecule has 0 spiro atoms. The molecule has 1 amide bonds. The fourth-order valence-electron chi connectivity index (χ4n) is 1.59. The zero-order chi connectivity index (χ0) is 15.3. The van der Waals surface area contributed by atoms with E-state index in [0.717, 1.165) is 4.31 Å². The SMILES string of the molecule is CCNC(=O)CN(C)S(=O)(=O)c1ccc(OC)c(N)c1. The van der Waals surface area contributed by atoms with Gasteiger partial charge in [0.15, 0.2) is 0 Å². The Bertz CT molecular complexity index is 586. The number of benzene rings is 1. The molecule has 0 heterocycles. The van der Waals surface area contributed by atoms with Crippen LogP contribution in [0.25, 0.3) is 0 Å². The number of methoxy groups -OCH3 is 1. The number of nitrogens with one attached hydrogen (secondary N) is 1. The van der Waals surface area contributed by atoms with Crippen molar-refractivity contribution >= 4 is 21.6 Å². The first-order chi connectivity index (χ1) is 9.32. The first kappa shape index (κ1) is 16.3. The van der Waals surface area contributed by atoms with Crippen LogP contribution in [-0.2, 0) is 14.8 Å². The van der Waals surface area contributed by atoms with Gasteiger partial charge in [-0.2, -0.15) is 4.31 Å². The summed E-state index contributed by atoms with van der Waals surface area (Å²) in [6.07, 6.45) is 0. The van der Waals surface area contributed by atoms with Gasteiger partial charge in [-0.05, 0) is 25.1 Å². The molecule has 0 aliphatic rings. The highest BCUT2D eigenvalue weighted by Gasteiger charge is 2.23. The molecular weight excluding hydrogens is 282 g/mol. The Labute approximate surface area is 118 Å². The summed E-state index contributed by atoms with van der Waals surface area (Å²) >= 11 is 0. The Hall–Kier alpha value is -1.80. The molecular formula is C12H19N3O4S. The van der Waals surface area contributed by atoms with Gasteiger partial charge < -0.3 is 15.8 Å². The topological polar surface area (TPSA) is 102 Å². The highest BCUT2D eigenvalue weighted by atomic mass is 32.2. The molecule has 1 aromatic rings. The number of nitrogens with two attached hydrogens (primary N) is 1. The zero-order valence-electron chi connectivity index (χ0n) is 11.7. The predicted molar refractivity (Wildman–Crippen MR) is 75.9 cm³/mol. The van der Waals surface area contributed by atoms with E-state index >= 15 is 0 Å². The van der Waals surface area contributed by atoms with E-state index in [9.17, 15) is 13.2 Å².